The van der Waals surface area contributed by atoms with Crippen LogP contribution >= 0.6 is 11.8 Å². The number of benzene rings is 1. The van der Waals surface area contributed by atoms with E-state index in [1.54, 1.807) is 0 Å². The highest BCUT2D eigenvalue weighted by Gasteiger charge is 2.25. The molecule has 0 amide bonds. The number of fused-ring (bicyclic) bond motifs is 1. The molecule has 0 bridgehead atoms. The second kappa shape index (κ2) is 4.91. The van der Waals surface area contributed by atoms with Gasteiger partial charge in [0.1, 0.15) is 0 Å². The van der Waals surface area contributed by atoms with Crippen molar-refractivity contribution >= 4 is 17.4 Å². The molecule has 17 heavy (non-hydrogen) atoms. The minimum absolute atomic E-state index is 0.153. The molecule has 0 saturated heterocycles. The van der Waals surface area contributed by atoms with Gasteiger partial charge in [0, 0.05) is 23.3 Å². The van der Waals surface area contributed by atoms with Crippen LogP contribution in [0.15, 0.2) is 23.1 Å². The molecule has 0 spiro atoms. The van der Waals surface area contributed by atoms with Gasteiger partial charge in [-0.25, -0.2) is 0 Å². The molecule has 1 atom stereocenters. The lowest BCUT2D eigenvalue weighted by Gasteiger charge is -2.32. The molecule has 2 rings (SSSR count). The van der Waals surface area contributed by atoms with Crippen molar-refractivity contribution in [2.45, 2.75) is 43.5 Å². The topological polar surface area (TPSA) is 32.3 Å². The summed E-state index contributed by atoms with van der Waals surface area (Å²) in [6.07, 6.45) is 0.824. The van der Waals surface area contributed by atoms with Crippen molar-refractivity contribution in [3.05, 3.63) is 23.8 Å². The summed E-state index contributed by atoms with van der Waals surface area (Å²) in [6.45, 7) is 6.98. The Labute approximate surface area is 108 Å². The van der Waals surface area contributed by atoms with Crippen LogP contribution in [-0.4, -0.2) is 23.5 Å². The van der Waals surface area contributed by atoms with E-state index in [4.69, 9.17) is 5.11 Å². The average molecular weight is 251 g/mol. The molecule has 1 heterocycles. The highest BCUT2D eigenvalue weighted by Crippen LogP contribution is 2.40. The highest BCUT2D eigenvalue weighted by molar-refractivity contribution is 7.99. The normalized spacial score (nSPS) is 19.6. The number of thioether (sulfide) groups is 1. The van der Waals surface area contributed by atoms with Gasteiger partial charge in [-0.05, 0) is 23.5 Å². The van der Waals surface area contributed by atoms with Crippen molar-refractivity contribution in [3.63, 3.8) is 0 Å². The zero-order chi connectivity index (χ0) is 12.5. The van der Waals surface area contributed by atoms with Gasteiger partial charge in [-0.1, -0.05) is 32.9 Å². The van der Waals surface area contributed by atoms with Crippen molar-refractivity contribution in [1.82, 2.24) is 0 Å². The van der Waals surface area contributed by atoms with Crippen molar-refractivity contribution in [2.24, 2.45) is 0 Å². The molecule has 1 aliphatic rings. The van der Waals surface area contributed by atoms with Crippen LogP contribution in [0, 0.1) is 0 Å². The van der Waals surface area contributed by atoms with E-state index in [-0.39, 0.29) is 12.0 Å². The third kappa shape index (κ3) is 2.78. The van der Waals surface area contributed by atoms with Gasteiger partial charge in [-0.2, -0.15) is 0 Å². The number of anilines is 1. The molecule has 2 N–H and O–H groups in total. The fraction of sp³-hybridized carbons (Fsp3) is 0.571. The van der Waals surface area contributed by atoms with Crippen molar-refractivity contribution in [3.8, 4) is 0 Å². The molecular weight excluding hydrogens is 230 g/mol. The minimum atomic E-state index is 0.153. The van der Waals surface area contributed by atoms with Gasteiger partial charge in [0.25, 0.3) is 0 Å². The van der Waals surface area contributed by atoms with Gasteiger partial charge in [0.05, 0.1) is 5.69 Å². The maximum Gasteiger partial charge on any atom is 0.0518 e. The number of nitrogens with one attached hydrogen (secondary N) is 1. The summed E-state index contributed by atoms with van der Waals surface area (Å²) in [5.74, 6) is 1.04. The molecule has 0 aromatic heterocycles. The molecule has 1 aliphatic heterocycles. The minimum Gasteiger partial charge on any atom is -0.396 e. The van der Waals surface area contributed by atoms with Gasteiger partial charge < -0.3 is 10.4 Å². The average Bonchev–Trinajstić information content (AvgIpc) is 2.27. The molecule has 1 aromatic carbocycles. The number of aliphatic hydroxyl groups excluding tert-OH is 1. The standard InChI is InChI=1S/C14H21NOS/c1-14(2,3)11-5-4-6-12-13(11)15-10(7-8-16)9-17-12/h4-6,10,15-16H,7-9H2,1-3H3. The van der Waals surface area contributed by atoms with Crippen LogP contribution in [0.5, 0.6) is 0 Å². The summed E-state index contributed by atoms with van der Waals surface area (Å²) < 4.78 is 0. The van der Waals surface area contributed by atoms with Crippen LogP contribution in [-0.2, 0) is 5.41 Å². The van der Waals surface area contributed by atoms with E-state index < -0.39 is 0 Å². The van der Waals surface area contributed by atoms with Gasteiger partial charge in [0.15, 0.2) is 0 Å². The third-order valence-electron chi connectivity index (χ3n) is 3.10. The number of hydrogen-bond donors (Lipinski definition) is 2. The Bertz CT molecular complexity index is 398. The second-order valence-electron chi connectivity index (χ2n) is 5.59. The predicted octanol–water partition coefficient (Wildman–Crippen LogP) is 3.25. The number of rotatable bonds is 2. The first-order chi connectivity index (χ1) is 8.02. The van der Waals surface area contributed by atoms with Gasteiger partial charge in [-0.15, -0.1) is 11.8 Å². The first-order valence-electron chi connectivity index (χ1n) is 6.16. The Morgan fingerprint density at radius 2 is 2.18 bits per heavy atom. The summed E-state index contributed by atoms with van der Waals surface area (Å²) in [5.41, 5.74) is 2.79. The lowest BCUT2D eigenvalue weighted by atomic mass is 9.85. The van der Waals surface area contributed by atoms with Crippen LogP contribution in [0.4, 0.5) is 5.69 Å². The van der Waals surface area contributed by atoms with Crippen LogP contribution in [0.1, 0.15) is 32.8 Å². The summed E-state index contributed by atoms with van der Waals surface area (Å²) in [5, 5.41) is 12.6. The van der Waals surface area contributed by atoms with E-state index >= 15 is 0 Å². The van der Waals surface area contributed by atoms with Crippen LogP contribution in [0.2, 0.25) is 0 Å². The van der Waals surface area contributed by atoms with Crippen molar-refractivity contribution < 1.29 is 5.11 Å². The third-order valence-corrected chi connectivity index (χ3v) is 4.32. The molecule has 1 unspecified atom stereocenters. The maximum atomic E-state index is 9.05. The zero-order valence-corrected chi connectivity index (χ0v) is 11.6. The maximum absolute atomic E-state index is 9.05. The monoisotopic (exact) mass is 251 g/mol. The summed E-state index contributed by atoms with van der Waals surface area (Å²) in [4.78, 5) is 1.34. The van der Waals surface area contributed by atoms with Gasteiger partial charge in [-0.3, -0.25) is 0 Å². The van der Waals surface area contributed by atoms with E-state index in [2.05, 4.69) is 44.3 Å². The molecular formula is C14H21NOS. The molecule has 0 saturated carbocycles. The van der Waals surface area contributed by atoms with E-state index in [0.29, 0.717) is 6.04 Å². The quantitative estimate of drug-likeness (QED) is 0.846. The summed E-state index contributed by atoms with van der Waals surface area (Å²) >= 11 is 1.89. The Balaban J connectivity index is 2.33. The molecule has 1 aromatic rings. The molecule has 3 heteroatoms. The summed E-state index contributed by atoms with van der Waals surface area (Å²) in [6, 6.07) is 6.91. The second-order valence-corrected chi connectivity index (χ2v) is 6.66. The van der Waals surface area contributed by atoms with E-state index in [1.807, 2.05) is 11.8 Å². The lowest BCUT2D eigenvalue weighted by Crippen LogP contribution is -2.29. The van der Waals surface area contributed by atoms with E-state index in [0.717, 1.165) is 12.2 Å². The Kier molecular flexibility index (Phi) is 3.69. The van der Waals surface area contributed by atoms with Crippen molar-refractivity contribution in [2.75, 3.05) is 17.7 Å². The molecule has 0 aliphatic carbocycles. The molecule has 2 nitrogen and oxygen atoms in total. The number of hydrogen-bond acceptors (Lipinski definition) is 3. The van der Waals surface area contributed by atoms with E-state index in [1.165, 1.54) is 16.1 Å². The first-order valence-corrected chi connectivity index (χ1v) is 7.14. The SMILES string of the molecule is CC(C)(C)c1cccc2c1NC(CCO)CS2. The Hall–Kier alpha value is -0.670. The van der Waals surface area contributed by atoms with Gasteiger partial charge >= 0.3 is 0 Å². The smallest absolute Gasteiger partial charge is 0.0518 e. The van der Waals surface area contributed by atoms with Crippen molar-refractivity contribution in [1.29, 1.82) is 0 Å². The zero-order valence-electron chi connectivity index (χ0n) is 10.8. The Morgan fingerprint density at radius 3 is 2.82 bits per heavy atom. The van der Waals surface area contributed by atoms with Crippen LogP contribution in [0.25, 0.3) is 0 Å². The van der Waals surface area contributed by atoms with Crippen LogP contribution < -0.4 is 5.32 Å². The number of para-hydroxylation sites is 1. The lowest BCUT2D eigenvalue weighted by molar-refractivity contribution is 0.282. The van der Waals surface area contributed by atoms with E-state index in [9.17, 15) is 0 Å². The highest BCUT2D eigenvalue weighted by atomic mass is 32.2. The molecule has 0 radical (unpaired) electrons. The first kappa shape index (κ1) is 12.8. The van der Waals surface area contributed by atoms with Gasteiger partial charge in [0.2, 0.25) is 0 Å². The van der Waals surface area contributed by atoms with Crippen LogP contribution in [0.3, 0.4) is 0 Å². The Morgan fingerprint density at radius 1 is 1.41 bits per heavy atom. The molecule has 94 valence electrons. The largest absolute Gasteiger partial charge is 0.396 e. The number of aliphatic hydroxyl groups is 1. The summed E-state index contributed by atoms with van der Waals surface area (Å²) in [7, 11) is 0. The predicted molar refractivity (Wildman–Crippen MR) is 75.0 cm³/mol. The molecule has 0 fully saturated rings. The fourth-order valence-electron chi connectivity index (χ4n) is 2.17. The fourth-order valence-corrected chi connectivity index (χ4v) is 3.29.